The van der Waals surface area contributed by atoms with Crippen LogP contribution in [0.3, 0.4) is 0 Å². The molecular weight excluding hydrogens is 244 g/mol. The minimum absolute atomic E-state index is 0.0565. The smallest absolute Gasteiger partial charge is 0.249 e. The summed E-state index contributed by atoms with van der Waals surface area (Å²) in [7, 11) is 1.51. The van der Waals surface area contributed by atoms with Gasteiger partial charge in [-0.3, -0.25) is 9.78 Å². The van der Waals surface area contributed by atoms with Crippen LogP contribution in [0.2, 0.25) is 0 Å². The zero-order valence-electron chi connectivity index (χ0n) is 10.8. The van der Waals surface area contributed by atoms with E-state index in [4.69, 9.17) is 9.15 Å². The summed E-state index contributed by atoms with van der Waals surface area (Å²) in [5.74, 6) is 0.663. The highest BCUT2D eigenvalue weighted by molar-refractivity contribution is 5.77. The van der Waals surface area contributed by atoms with E-state index in [2.05, 4.69) is 4.98 Å². The number of hydrogen-bond donors (Lipinski definition) is 0. The van der Waals surface area contributed by atoms with E-state index in [0.29, 0.717) is 13.1 Å². The first-order chi connectivity index (χ1) is 9.29. The molecule has 0 fully saturated rings. The summed E-state index contributed by atoms with van der Waals surface area (Å²) in [6.07, 6.45) is 5.05. The van der Waals surface area contributed by atoms with Gasteiger partial charge in [-0.2, -0.15) is 0 Å². The Morgan fingerprint density at radius 3 is 2.89 bits per heavy atom. The SMILES string of the molecule is COCC(=O)N(Cc1cccnc1)Cc1ccco1. The zero-order valence-corrected chi connectivity index (χ0v) is 10.8. The highest BCUT2D eigenvalue weighted by Crippen LogP contribution is 2.10. The number of carbonyl (C=O) groups excluding carboxylic acids is 1. The van der Waals surface area contributed by atoms with Gasteiger partial charge in [-0.15, -0.1) is 0 Å². The van der Waals surface area contributed by atoms with Crippen LogP contribution in [-0.2, 0) is 22.6 Å². The van der Waals surface area contributed by atoms with Gasteiger partial charge in [-0.25, -0.2) is 0 Å². The predicted octanol–water partition coefficient (Wildman–Crippen LogP) is 1.85. The first-order valence-corrected chi connectivity index (χ1v) is 5.97. The van der Waals surface area contributed by atoms with Gasteiger partial charge in [0.25, 0.3) is 0 Å². The molecular formula is C14H16N2O3. The van der Waals surface area contributed by atoms with E-state index in [9.17, 15) is 4.79 Å². The van der Waals surface area contributed by atoms with Crippen molar-refractivity contribution in [3.63, 3.8) is 0 Å². The maximum Gasteiger partial charge on any atom is 0.249 e. The summed E-state index contributed by atoms with van der Waals surface area (Å²) in [4.78, 5) is 17.7. The van der Waals surface area contributed by atoms with Gasteiger partial charge in [-0.1, -0.05) is 6.07 Å². The second kappa shape index (κ2) is 6.70. The minimum atomic E-state index is -0.0808. The standard InChI is InChI=1S/C14H16N2O3/c1-18-11-14(17)16(10-13-5-3-7-19-13)9-12-4-2-6-15-8-12/h2-8H,9-11H2,1H3. The van der Waals surface area contributed by atoms with Crippen LogP contribution in [-0.4, -0.2) is 29.5 Å². The lowest BCUT2D eigenvalue weighted by Gasteiger charge is -2.21. The Labute approximate surface area is 111 Å². The van der Waals surface area contributed by atoms with Gasteiger partial charge in [0, 0.05) is 26.0 Å². The number of hydrogen-bond acceptors (Lipinski definition) is 4. The van der Waals surface area contributed by atoms with E-state index in [1.807, 2.05) is 18.2 Å². The van der Waals surface area contributed by atoms with Gasteiger partial charge in [-0.05, 0) is 23.8 Å². The molecule has 2 aromatic heterocycles. The molecule has 0 saturated heterocycles. The number of furan rings is 1. The van der Waals surface area contributed by atoms with Crippen LogP contribution < -0.4 is 0 Å². The Morgan fingerprint density at radius 1 is 1.37 bits per heavy atom. The Bertz CT molecular complexity index is 497. The molecule has 100 valence electrons. The number of nitrogens with zero attached hydrogens (tertiary/aromatic N) is 2. The van der Waals surface area contributed by atoms with E-state index in [1.54, 1.807) is 29.6 Å². The van der Waals surface area contributed by atoms with Crippen molar-refractivity contribution in [2.45, 2.75) is 13.1 Å². The average molecular weight is 260 g/mol. The zero-order chi connectivity index (χ0) is 13.5. The number of carbonyl (C=O) groups is 1. The van der Waals surface area contributed by atoms with Crippen LogP contribution in [0.5, 0.6) is 0 Å². The first kappa shape index (κ1) is 13.3. The quantitative estimate of drug-likeness (QED) is 0.795. The molecule has 0 atom stereocenters. The van der Waals surface area contributed by atoms with Crippen LogP contribution in [0.4, 0.5) is 0 Å². The van der Waals surface area contributed by atoms with Crippen molar-refractivity contribution >= 4 is 5.91 Å². The highest BCUT2D eigenvalue weighted by atomic mass is 16.5. The predicted molar refractivity (Wildman–Crippen MR) is 69.1 cm³/mol. The molecule has 0 bridgehead atoms. The largest absolute Gasteiger partial charge is 0.467 e. The van der Waals surface area contributed by atoms with Crippen molar-refractivity contribution in [2.75, 3.05) is 13.7 Å². The Balaban J connectivity index is 2.07. The summed E-state index contributed by atoms with van der Waals surface area (Å²) in [6.45, 7) is 0.960. The van der Waals surface area contributed by atoms with Crippen LogP contribution in [0.25, 0.3) is 0 Å². The van der Waals surface area contributed by atoms with E-state index in [-0.39, 0.29) is 12.5 Å². The van der Waals surface area contributed by atoms with Crippen molar-refractivity contribution in [1.82, 2.24) is 9.88 Å². The highest BCUT2D eigenvalue weighted by Gasteiger charge is 2.15. The van der Waals surface area contributed by atoms with Gasteiger partial charge < -0.3 is 14.1 Å². The van der Waals surface area contributed by atoms with Crippen LogP contribution >= 0.6 is 0 Å². The Kier molecular flexibility index (Phi) is 4.69. The molecule has 0 aliphatic heterocycles. The third kappa shape index (κ3) is 3.93. The molecule has 0 N–H and O–H groups in total. The molecule has 0 aliphatic carbocycles. The molecule has 0 spiro atoms. The fraction of sp³-hybridized carbons (Fsp3) is 0.286. The normalized spacial score (nSPS) is 10.4. The number of methoxy groups -OCH3 is 1. The van der Waals surface area contributed by atoms with Crippen molar-refractivity contribution in [3.8, 4) is 0 Å². The molecule has 0 aromatic carbocycles. The third-order valence-corrected chi connectivity index (χ3v) is 2.64. The van der Waals surface area contributed by atoms with Gasteiger partial charge in [0.15, 0.2) is 0 Å². The molecule has 0 radical (unpaired) electrons. The molecule has 5 heteroatoms. The number of pyridine rings is 1. The fourth-order valence-corrected chi connectivity index (χ4v) is 1.75. The summed E-state index contributed by atoms with van der Waals surface area (Å²) >= 11 is 0. The third-order valence-electron chi connectivity index (χ3n) is 2.64. The maximum absolute atomic E-state index is 12.0. The molecule has 0 aliphatic rings. The number of aromatic nitrogens is 1. The van der Waals surface area contributed by atoms with Crippen LogP contribution in [0.15, 0.2) is 47.3 Å². The molecule has 2 aromatic rings. The second-order valence-electron chi connectivity index (χ2n) is 4.12. The summed E-state index contributed by atoms with van der Waals surface area (Å²) in [6, 6.07) is 7.43. The van der Waals surface area contributed by atoms with E-state index in [1.165, 1.54) is 7.11 Å². The second-order valence-corrected chi connectivity index (χ2v) is 4.12. The lowest BCUT2D eigenvalue weighted by Crippen LogP contribution is -2.32. The average Bonchev–Trinajstić information content (AvgIpc) is 2.92. The van der Waals surface area contributed by atoms with Gasteiger partial charge >= 0.3 is 0 Å². The molecule has 0 saturated carbocycles. The molecule has 2 rings (SSSR count). The minimum Gasteiger partial charge on any atom is -0.467 e. The van der Waals surface area contributed by atoms with Crippen molar-refractivity contribution in [3.05, 3.63) is 54.2 Å². The van der Waals surface area contributed by atoms with Crippen LogP contribution in [0, 0.1) is 0 Å². The number of rotatable bonds is 6. The van der Waals surface area contributed by atoms with Crippen molar-refractivity contribution in [1.29, 1.82) is 0 Å². The molecule has 0 unspecified atom stereocenters. The fourth-order valence-electron chi connectivity index (χ4n) is 1.75. The lowest BCUT2D eigenvalue weighted by molar-refractivity contribution is -0.136. The maximum atomic E-state index is 12.0. The number of ether oxygens (including phenoxy) is 1. The lowest BCUT2D eigenvalue weighted by atomic mass is 10.2. The Hall–Kier alpha value is -2.14. The van der Waals surface area contributed by atoms with E-state index in [0.717, 1.165) is 11.3 Å². The first-order valence-electron chi connectivity index (χ1n) is 5.97. The van der Waals surface area contributed by atoms with Crippen LogP contribution in [0.1, 0.15) is 11.3 Å². The monoisotopic (exact) mass is 260 g/mol. The van der Waals surface area contributed by atoms with Crippen molar-refractivity contribution in [2.24, 2.45) is 0 Å². The van der Waals surface area contributed by atoms with Gasteiger partial charge in [0.05, 0.1) is 12.8 Å². The summed E-state index contributed by atoms with van der Waals surface area (Å²) < 4.78 is 10.2. The van der Waals surface area contributed by atoms with Gasteiger partial charge in [0.1, 0.15) is 12.4 Å². The van der Waals surface area contributed by atoms with Crippen molar-refractivity contribution < 1.29 is 13.9 Å². The molecule has 1 amide bonds. The Morgan fingerprint density at radius 2 is 2.26 bits per heavy atom. The molecule has 19 heavy (non-hydrogen) atoms. The molecule has 2 heterocycles. The number of amides is 1. The topological polar surface area (TPSA) is 55.6 Å². The summed E-state index contributed by atoms with van der Waals surface area (Å²) in [5.41, 5.74) is 0.971. The molecule has 5 nitrogen and oxygen atoms in total. The van der Waals surface area contributed by atoms with Gasteiger partial charge in [0.2, 0.25) is 5.91 Å². The van der Waals surface area contributed by atoms with E-state index >= 15 is 0 Å². The summed E-state index contributed by atoms with van der Waals surface area (Å²) in [5, 5.41) is 0. The van der Waals surface area contributed by atoms with E-state index < -0.39 is 0 Å².